The van der Waals surface area contributed by atoms with Gasteiger partial charge in [-0.3, -0.25) is 9.10 Å². The van der Waals surface area contributed by atoms with E-state index in [4.69, 9.17) is 4.74 Å². The number of ether oxygens (including phenoxy) is 1. The van der Waals surface area contributed by atoms with Crippen LogP contribution < -0.4 is 14.4 Å². The van der Waals surface area contributed by atoms with E-state index in [0.29, 0.717) is 30.1 Å². The summed E-state index contributed by atoms with van der Waals surface area (Å²) in [5, 5.41) is 2.76. The Bertz CT molecular complexity index is 921. The highest BCUT2D eigenvalue weighted by Crippen LogP contribution is 2.24. The Balaban J connectivity index is 1.64. The molecule has 1 fully saturated rings. The molecule has 26 heavy (non-hydrogen) atoms. The number of amides is 1. The SMILES string of the molecule is COc1cccc(NC(=O)/C=C/c2ccc(N3CCCS3(=O)=O)cc2)c1. The van der Waals surface area contributed by atoms with Crippen LogP contribution in [0.5, 0.6) is 5.75 Å². The summed E-state index contributed by atoms with van der Waals surface area (Å²) < 4.78 is 30.4. The molecule has 136 valence electrons. The summed E-state index contributed by atoms with van der Waals surface area (Å²) in [4.78, 5) is 12.0. The van der Waals surface area contributed by atoms with Crippen LogP contribution in [0, 0.1) is 0 Å². The zero-order chi connectivity index (χ0) is 18.6. The lowest BCUT2D eigenvalue weighted by atomic mass is 10.2. The standard InChI is InChI=1S/C19H20N2O4S/c1-25-18-5-2-4-16(14-18)20-19(22)11-8-15-6-9-17(10-7-15)21-12-3-13-26(21,23)24/h2,4-11,14H,3,12-13H2,1H3,(H,20,22)/b11-8+. The van der Waals surface area contributed by atoms with Gasteiger partial charge in [-0.05, 0) is 42.3 Å². The second-order valence-corrected chi connectivity index (χ2v) is 7.90. The Morgan fingerprint density at radius 2 is 1.96 bits per heavy atom. The van der Waals surface area contributed by atoms with Gasteiger partial charge in [0.1, 0.15) is 5.75 Å². The van der Waals surface area contributed by atoms with E-state index < -0.39 is 10.0 Å². The third kappa shape index (κ3) is 4.23. The summed E-state index contributed by atoms with van der Waals surface area (Å²) in [5.74, 6) is 0.600. The Hall–Kier alpha value is -2.80. The third-order valence-electron chi connectivity index (χ3n) is 4.04. The van der Waals surface area contributed by atoms with Gasteiger partial charge in [0.05, 0.1) is 18.6 Å². The lowest BCUT2D eigenvalue weighted by Crippen LogP contribution is -2.24. The summed E-state index contributed by atoms with van der Waals surface area (Å²) >= 11 is 0. The number of benzene rings is 2. The minimum absolute atomic E-state index is 0.194. The minimum atomic E-state index is -3.18. The van der Waals surface area contributed by atoms with Gasteiger partial charge in [0.15, 0.2) is 0 Å². The van der Waals surface area contributed by atoms with Gasteiger partial charge in [0.25, 0.3) is 0 Å². The third-order valence-corrected chi connectivity index (χ3v) is 5.91. The minimum Gasteiger partial charge on any atom is -0.497 e. The Labute approximate surface area is 153 Å². The molecule has 1 aliphatic heterocycles. The van der Waals surface area contributed by atoms with Gasteiger partial charge >= 0.3 is 0 Å². The number of carbonyl (C=O) groups is 1. The molecule has 1 aliphatic rings. The van der Waals surface area contributed by atoms with Gasteiger partial charge in [0, 0.05) is 24.4 Å². The number of nitrogens with zero attached hydrogens (tertiary/aromatic N) is 1. The van der Waals surface area contributed by atoms with Crippen LogP contribution in [0.15, 0.2) is 54.6 Å². The second kappa shape index (κ2) is 7.61. The van der Waals surface area contributed by atoms with Gasteiger partial charge in [-0.2, -0.15) is 0 Å². The number of carbonyl (C=O) groups excluding carboxylic acids is 1. The lowest BCUT2D eigenvalue weighted by Gasteiger charge is -2.16. The van der Waals surface area contributed by atoms with E-state index in [2.05, 4.69) is 5.32 Å². The Morgan fingerprint density at radius 1 is 1.19 bits per heavy atom. The van der Waals surface area contributed by atoms with Gasteiger partial charge in [0.2, 0.25) is 15.9 Å². The van der Waals surface area contributed by atoms with E-state index in [1.54, 1.807) is 61.7 Å². The Kier molecular flexibility index (Phi) is 5.27. The molecule has 1 heterocycles. The van der Waals surface area contributed by atoms with Crippen LogP contribution in [0.2, 0.25) is 0 Å². The lowest BCUT2D eigenvalue weighted by molar-refractivity contribution is -0.111. The predicted octanol–water partition coefficient (Wildman–Crippen LogP) is 2.89. The summed E-state index contributed by atoms with van der Waals surface area (Å²) in [6.07, 6.45) is 3.76. The van der Waals surface area contributed by atoms with Gasteiger partial charge in [-0.1, -0.05) is 18.2 Å². The molecule has 3 rings (SSSR count). The molecule has 0 atom stereocenters. The van der Waals surface area contributed by atoms with E-state index in [-0.39, 0.29) is 11.7 Å². The maximum Gasteiger partial charge on any atom is 0.248 e. The van der Waals surface area contributed by atoms with E-state index in [9.17, 15) is 13.2 Å². The van der Waals surface area contributed by atoms with Gasteiger partial charge in [-0.15, -0.1) is 0 Å². The topological polar surface area (TPSA) is 75.7 Å². The van der Waals surface area contributed by atoms with Crippen LogP contribution in [0.25, 0.3) is 6.08 Å². The van der Waals surface area contributed by atoms with Gasteiger partial charge in [-0.25, -0.2) is 8.42 Å². The van der Waals surface area contributed by atoms with E-state index in [1.165, 1.54) is 10.4 Å². The average molecular weight is 372 g/mol. The number of nitrogens with one attached hydrogen (secondary N) is 1. The fourth-order valence-corrected chi connectivity index (χ4v) is 4.30. The van der Waals surface area contributed by atoms with Crippen molar-refractivity contribution in [3.8, 4) is 5.75 Å². The van der Waals surface area contributed by atoms with Crippen LogP contribution in [0.1, 0.15) is 12.0 Å². The average Bonchev–Trinajstić information content (AvgIpc) is 3.00. The fraction of sp³-hybridized carbons (Fsp3) is 0.211. The van der Waals surface area contributed by atoms with Crippen LogP contribution in [0.3, 0.4) is 0 Å². The van der Waals surface area contributed by atoms with Gasteiger partial charge < -0.3 is 10.1 Å². The molecule has 7 heteroatoms. The molecule has 0 aliphatic carbocycles. The second-order valence-electron chi connectivity index (χ2n) is 5.89. The number of hydrogen-bond donors (Lipinski definition) is 1. The van der Waals surface area contributed by atoms with Crippen molar-refractivity contribution >= 4 is 33.4 Å². The largest absolute Gasteiger partial charge is 0.497 e. The Morgan fingerprint density at radius 3 is 2.62 bits per heavy atom. The summed E-state index contributed by atoms with van der Waals surface area (Å²) in [7, 11) is -1.61. The number of anilines is 2. The normalized spacial score (nSPS) is 16.0. The molecule has 0 saturated carbocycles. The highest BCUT2D eigenvalue weighted by molar-refractivity contribution is 7.93. The van der Waals surface area contributed by atoms with Crippen molar-refractivity contribution in [2.75, 3.05) is 29.0 Å². The number of methoxy groups -OCH3 is 1. The fourth-order valence-electron chi connectivity index (χ4n) is 2.74. The quantitative estimate of drug-likeness (QED) is 0.819. The molecule has 0 spiro atoms. The van der Waals surface area contributed by atoms with Crippen LogP contribution in [0.4, 0.5) is 11.4 Å². The zero-order valence-electron chi connectivity index (χ0n) is 14.4. The van der Waals surface area contributed by atoms with Crippen molar-refractivity contribution in [2.24, 2.45) is 0 Å². The number of sulfonamides is 1. The summed E-state index contributed by atoms with van der Waals surface area (Å²) in [6, 6.07) is 14.2. The van der Waals surface area contributed by atoms with E-state index in [1.807, 2.05) is 0 Å². The maximum absolute atomic E-state index is 12.0. The van der Waals surface area contributed by atoms with Crippen LogP contribution in [-0.4, -0.2) is 33.7 Å². The van der Waals surface area contributed by atoms with Crippen molar-refractivity contribution < 1.29 is 17.9 Å². The molecule has 0 bridgehead atoms. The van der Waals surface area contributed by atoms with Crippen molar-refractivity contribution in [1.82, 2.24) is 0 Å². The molecule has 0 unspecified atom stereocenters. The molecule has 0 aromatic heterocycles. The number of rotatable bonds is 5. The molecular formula is C19H20N2O4S. The highest BCUT2D eigenvalue weighted by atomic mass is 32.2. The van der Waals surface area contributed by atoms with Crippen molar-refractivity contribution in [2.45, 2.75) is 6.42 Å². The predicted molar refractivity (Wildman–Crippen MR) is 103 cm³/mol. The molecule has 1 amide bonds. The van der Waals surface area contributed by atoms with Crippen molar-refractivity contribution in [3.05, 3.63) is 60.2 Å². The maximum atomic E-state index is 12.0. The highest BCUT2D eigenvalue weighted by Gasteiger charge is 2.28. The van der Waals surface area contributed by atoms with Crippen molar-refractivity contribution in [3.63, 3.8) is 0 Å². The number of hydrogen-bond acceptors (Lipinski definition) is 4. The molecule has 0 radical (unpaired) electrons. The van der Waals surface area contributed by atoms with E-state index >= 15 is 0 Å². The molecule has 2 aromatic carbocycles. The summed E-state index contributed by atoms with van der Waals surface area (Å²) in [6.45, 7) is 0.514. The summed E-state index contributed by atoms with van der Waals surface area (Å²) in [5.41, 5.74) is 2.11. The first kappa shape index (κ1) is 18.0. The van der Waals surface area contributed by atoms with Crippen LogP contribution >= 0.6 is 0 Å². The first-order valence-corrected chi connectivity index (χ1v) is 9.82. The zero-order valence-corrected chi connectivity index (χ0v) is 15.2. The monoisotopic (exact) mass is 372 g/mol. The van der Waals surface area contributed by atoms with Crippen LogP contribution in [-0.2, 0) is 14.8 Å². The van der Waals surface area contributed by atoms with E-state index in [0.717, 1.165) is 5.56 Å². The molecule has 1 N–H and O–H groups in total. The molecule has 6 nitrogen and oxygen atoms in total. The smallest absolute Gasteiger partial charge is 0.248 e. The molecule has 2 aromatic rings. The first-order valence-electron chi connectivity index (χ1n) is 8.21. The molecule has 1 saturated heterocycles. The van der Waals surface area contributed by atoms with Crippen molar-refractivity contribution in [1.29, 1.82) is 0 Å². The first-order chi connectivity index (χ1) is 12.5. The molecular weight excluding hydrogens is 352 g/mol.